The Morgan fingerprint density at radius 3 is 0.800 bits per heavy atom. The molecule has 0 aliphatic heterocycles. The average molecular weight is 94.1 g/mol. The third kappa shape index (κ3) is 56.4. The monoisotopic (exact) mass is 94.0 g/mol. The van der Waals surface area contributed by atoms with E-state index in [0.29, 0.717) is 0 Å². The topological polar surface area (TPSA) is 93.0 Å². The van der Waals surface area contributed by atoms with Gasteiger partial charge in [0.25, 0.3) is 0 Å². The molecule has 5 heteroatoms. The number of hydrogen-bond donors (Lipinski definition) is 0. The van der Waals surface area contributed by atoms with E-state index < -0.39 is 0 Å². The molecule has 0 rings (SSSR count). The maximum atomic E-state index is 0. The van der Waals surface area contributed by atoms with Crippen molar-refractivity contribution in [3.63, 3.8) is 0 Å². The van der Waals surface area contributed by atoms with Gasteiger partial charge in [0.15, 0.2) is 0 Å². The Labute approximate surface area is 49.3 Å². The van der Waals surface area contributed by atoms with E-state index in [0.717, 1.165) is 0 Å². The summed E-state index contributed by atoms with van der Waals surface area (Å²) in [6.07, 6.45) is 0. The molecule has 0 atom stereocenters. The molecule has 3 nitrogen and oxygen atoms in total. The van der Waals surface area contributed by atoms with Crippen molar-refractivity contribution in [1.29, 1.82) is 0 Å². The largest absolute Gasteiger partial charge is 1.00 e. The van der Waals surface area contributed by atoms with Gasteiger partial charge in [0.05, 0.1) is 0 Å². The maximum absolute atomic E-state index is 0. The zero-order chi connectivity index (χ0) is 0. The first-order valence-electron chi connectivity index (χ1n) is 0. The van der Waals surface area contributed by atoms with Crippen LogP contribution < -0.4 is 18.9 Å². The van der Waals surface area contributed by atoms with Crippen LogP contribution >= 0.6 is 13.5 Å². The second kappa shape index (κ2) is 103. The summed E-state index contributed by atoms with van der Waals surface area (Å²) in [6, 6.07) is 0. The summed E-state index contributed by atoms with van der Waals surface area (Å²) >= 11 is 0. The Morgan fingerprint density at radius 2 is 0.800 bits per heavy atom. The van der Waals surface area contributed by atoms with E-state index in [4.69, 9.17) is 0 Å². The van der Waals surface area contributed by atoms with Crippen molar-refractivity contribution < 1.29 is 35.3 Å². The zero-order valence-electron chi connectivity index (χ0n) is 2.95. The molecule has 32 valence electrons. The molecule has 0 aromatic heterocycles. The smallest absolute Gasteiger partial charge is 0.870 e. The van der Waals surface area contributed by atoms with Crippen LogP contribution in [0.15, 0.2) is 0 Å². The fraction of sp³-hybridized carbons (Fsp3) is 0. The minimum atomic E-state index is 0. The van der Waals surface area contributed by atoms with Crippen LogP contribution in [0, 0.1) is 0 Å². The van der Waals surface area contributed by atoms with Crippen molar-refractivity contribution in [1.82, 2.24) is 0 Å². The van der Waals surface area contributed by atoms with Crippen LogP contribution in [0.5, 0.6) is 0 Å². The van der Waals surface area contributed by atoms with Gasteiger partial charge < -0.3 is 16.4 Å². The molecule has 5 N–H and O–H groups in total. The van der Waals surface area contributed by atoms with E-state index in [1.807, 2.05) is 0 Å². The zero-order valence-corrected chi connectivity index (χ0v) is 3.95. The van der Waals surface area contributed by atoms with Gasteiger partial charge in [-0.05, 0) is 0 Å². The summed E-state index contributed by atoms with van der Waals surface area (Å²) in [4.78, 5) is 0. The Morgan fingerprint density at radius 1 is 0.800 bits per heavy atom. The van der Waals surface area contributed by atoms with Crippen LogP contribution in [0.4, 0.5) is 0 Å². The van der Waals surface area contributed by atoms with Gasteiger partial charge >= 0.3 is 18.9 Å². The molecule has 0 aliphatic carbocycles. The van der Waals surface area contributed by atoms with Crippen molar-refractivity contribution in [3.05, 3.63) is 0 Å². The number of rotatable bonds is 0. The molecule has 0 saturated carbocycles. The minimum Gasteiger partial charge on any atom is -0.870 e. The van der Waals surface area contributed by atoms with Crippen molar-refractivity contribution in [3.8, 4) is 0 Å². The molecule has 0 aromatic carbocycles. The quantitative estimate of drug-likeness (QED) is 0.277. The van der Waals surface area contributed by atoms with E-state index in [-0.39, 0.29) is 48.8 Å². The molecule has 0 aromatic rings. The summed E-state index contributed by atoms with van der Waals surface area (Å²) in [7, 11) is 0. The van der Waals surface area contributed by atoms with E-state index in [1.54, 1.807) is 0 Å². The Hall–Kier alpha value is 0.827. The number of hydrogen-bond acceptors (Lipinski definition) is 1. The Bertz CT molecular complexity index is 6.85. The van der Waals surface area contributed by atoms with Crippen molar-refractivity contribution in [2.45, 2.75) is 0 Å². The van der Waals surface area contributed by atoms with E-state index in [1.165, 1.54) is 0 Å². The Kier molecular flexibility index (Phi) is 4100. The van der Waals surface area contributed by atoms with Crippen LogP contribution in [0.25, 0.3) is 0 Å². The summed E-state index contributed by atoms with van der Waals surface area (Å²) in [6.45, 7) is 0. The van der Waals surface area contributed by atoms with Crippen LogP contribution in [0.2, 0.25) is 0 Å². The van der Waals surface area contributed by atoms with Gasteiger partial charge in [-0.15, -0.1) is 0 Å². The van der Waals surface area contributed by atoms with Crippen LogP contribution in [-0.4, -0.2) is 16.4 Å². The average Bonchev–Trinajstić information content (AvgIpc) is 0. The van der Waals surface area contributed by atoms with Crippen LogP contribution in [-0.2, 0) is 0 Å². The molecule has 0 unspecified atom stereocenters. The summed E-state index contributed by atoms with van der Waals surface area (Å²) < 4.78 is 0. The van der Waals surface area contributed by atoms with Gasteiger partial charge in [0, 0.05) is 0 Å². The molecule has 0 amide bonds. The third-order valence-electron chi connectivity index (χ3n) is 0. The molecule has 0 bridgehead atoms. The van der Waals surface area contributed by atoms with Gasteiger partial charge in [0.1, 0.15) is 0 Å². The van der Waals surface area contributed by atoms with Crippen LogP contribution in [0.1, 0.15) is 0 Å². The summed E-state index contributed by atoms with van der Waals surface area (Å²) in [5.41, 5.74) is 0. The maximum Gasteiger partial charge on any atom is 1.00 e. The predicted molar refractivity (Wildman–Crippen MR) is 19.5 cm³/mol. The first-order chi connectivity index (χ1) is 0. The normalized spacial score (nSPS) is 0. The molecule has 0 radical (unpaired) electrons. The first kappa shape index (κ1) is 198. The van der Waals surface area contributed by atoms with Gasteiger partial charge in [0.2, 0.25) is 0 Å². The third-order valence-corrected chi connectivity index (χ3v) is 0. The van der Waals surface area contributed by atoms with E-state index in [2.05, 4.69) is 0 Å². The predicted octanol–water partition coefficient (Wildman–Crippen LogP) is -4.71. The SMILES string of the molecule is O.O.S.[Li+].[OH-]. The molecule has 0 aliphatic rings. The molecule has 0 spiro atoms. The standard InChI is InChI=1S/Li.3H2O.H2S/h;4*1H2/q+1;;;;/p-1. The minimum absolute atomic E-state index is 0. The van der Waals surface area contributed by atoms with Gasteiger partial charge in [-0.1, -0.05) is 0 Å². The molecule has 0 fully saturated rings. The summed E-state index contributed by atoms with van der Waals surface area (Å²) in [5, 5.41) is 0. The van der Waals surface area contributed by atoms with Crippen LogP contribution in [0.3, 0.4) is 0 Å². The first-order valence-corrected chi connectivity index (χ1v) is 0. The Balaban J connectivity index is 0. The van der Waals surface area contributed by atoms with Gasteiger partial charge in [-0.3, -0.25) is 0 Å². The fourth-order valence-electron chi connectivity index (χ4n) is 0. The molecule has 0 saturated heterocycles. The van der Waals surface area contributed by atoms with Gasteiger partial charge in [-0.25, -0.2) is 0 Å². The van der Waals surface area contributed by atoms with Gasteiger partial charge in [-0.2, -0.15) is 13.5 Å². The van der Waals surface area contributed by atoms with Crippen molar-refractivity contribution >= 4 is 13.5 Å². The molecular weight excluding hydrogens is 87.0 g/mol. The second-order valence-electron chi connectivity index (χ2n) is 0. The summed E-state index contributed by atoms with van der Waals surface area (Å²) in [5.74, 6) is 0. The second-order valence-corrected chi connectivity index (χ2v) is 0. The van der Waals surface area contributed by atoms with E-state index >= 15 is 0 Å². The fourth-order valence-corrected chi connectivity index (χ4v) is 0. The molecule has 0 heterocycles. The molecular formula is H7LiO3S. The van der Waals surface area contributed by atoms with Crippen molar-refractivity contribution in [2.24, 2.45) is 0 Å². The van der Waals surface area contributed by atoms with E-state index in [9.17, 15) is 0 Å². The molecule has 5 heavy (non-hydrogen) atoms. The van der Waals surface area contributed by atoms with Crippen molar-refractivity contribution in [2.75, 3.05) is 0 Å².